The zero-order valence-electron chi connectivity index (χ0n) is 10.3. The first-order valence-electron chi connectivity index (χ1n) is 5.37. The highest BCUT2D eigenvalue weighted by Crippen LogP contribution is 2.14. The minimum atomic E-state index is -0.614. The number of methoxy groups -OCH3 is 1. The van der Waals surface area contributed by atoms with Crippen LogP contribution in [0.1, 0.15) is 23.9 Å². The van der Waals surface area contributed by atoms with E-state index in [2.05, 4.69) is 9.84 Å². The third-order valence-corrected chi connectivity index (χ3v) is 2.76. The molecule has 0 spiro atoms. The average molecular weight is 225 g/mol. The molecule has 0 aromatic carbocycles. The van der Waals surface area contributed by atoms with Crippen molar-refractivity contribution in [1.82, 2.24) is 9.78 Å². The highest BCUT2D eigenvalue weighted by Gasteiger charge is 2.19. The summed E-state index contributed by atoms with van der Waals surface area (Å²) in [6.45, 7) is 6.77. The molecule has 0 radical (unpaired) electrons. The lowest BCUT2D eigenvalue weighted by Crippen LogP contribution is -2.34. The summed E-state index contributed by atoms with van der Waals surface area (Å²) in [7, 11) is 1.34. The van der Waals surface area contributed by atoms with Crippen LogP contribution in [0.2, 0.25) is 0 Å². The number of hydrogen-bond donors (Lipinski definition) is 1. The van der Waals surface area contributed by atoms with E-state index in [1.807, 2.05) is 25.5 Å². The van der Waals surface area contributed by atoms with Crippen LogP contribution in [0.25, 0.3) is 0 Å². The first kappa shape index (κ1) is 12.7. The van der Waals surface area contributed by atoms with E-state index in [0.717, 1.165) is 23.5 Å². The molecule has 90 valence electrons. The Kier molecular flexibility index (Phi) is 4.06. The molecule has 5 nitrogen and oxygen atoms in total. The van der Waals surface area contributed by atoms with Gasteiger partial charge in [0.2, 0.25) is 0 Å². The zero-order chi connectivity index (χ0) is 12.3. The van der Waals surface area contributed by atoms with E-state index in [0.29, 0.717) is 6.42 Å². The molecule has 0 saturated carbocycles. The summed E-state index contributed by atoms with van der Waals surface area (Å²) in [4.78, 5) is 11.2. The molecule has 1 aromatic heterocycles. The van der Waals surface area contributed by atoms with Crippen molar-refractivity contribution in [2.45, 2.75) is 39.8 Å². The van der Waals surface area contributed by atoms with Gasteiger partial charge < -0.3 is 10.5 Å². The van der Waals surface area contributed by atoms with Gasteiger partial charge in [-0.3, -0.25) is 9.48 Å². The van der Waals surface area contributed by atoms with Crippen molar-refractivity contribution >= 4 is 5.97 Å². The van der Waals surface area contributed by atoms with Crippen molar-refractivity contribution in [3.05, 3.63) is 17.0 Å². The van der Waals surface area contributed by atoms with E-state index < -0.39 is 6.04 Å². The van der Waals surface area contributed by atoms with Crippen molar-refractivity contribution in [3.63, 3.8) is 0 Å². The van der Waals surface area contributed by atoms with Crippen molar-refractivity contribution in [2.75, 3.05) is 7.11 Å². The number of aryl methyl sites for hydroxylation is 2. The summed E-state index contributed by atoms with van der Waals surface area (Å²) >= 11 is 0. The van der Waals surface area contributed by atoms with Gasteiger partial charge in [-0.1, -0.05) is 0 Å². The van der Waals surface area contributed by atoms with Gasteiger partial charge in [-0.15, -0.1) is 0 Å². The number of nitrogens with two attached hydrogens (primary N) is 1. The summed E-state index contributed by atoms with van der Waals surface area (Å²) < 4.78 is 6.52. The molecular weight excluding hydrogens is 206 g/mol. The molecular formula is C11H19N3O2. The zero-order valence-corrected chi connectivity index (χ0v) is 10.3. The van der Waals surface area contributed by atoms with E-state index >= 15 is 0 Å². The Balaban J connectivity index is 2.89. The SMILES string of the molecule is CCn1nc(C)c(CC(N)C(=O)OC)c1C. The molecule has 0 aliphatic carbocycles. The van der Waals surface area contributed by atoms with Crippen molar-refractivity contribution in [3.8, 4) is 0 Å². The van der Waals surface area contributed by atoms with Crippen LogP contribution in [0.5, 0.6) is 0 Å². The van der Waals surface area contributed by atoms with E-state index in [9.17, 15) is 4.79 Å². The standard InChI is InChI=1S/C11H19N3O2/c1-5-14-8(3)9(7(2)13-14)6-10(12)11(15)16-4/h10H,5-6,12H2,1-4H3. The van der Waals surface area contributed by atoms with Gasteiger partial charge in [0.1, 0.15) is 6.04 Å². The Hall–Kier alpha value is -1.36. The second kappa shape index (κ2) is 5.12. The van der Waals surface area contributed by atoms with Crippen molar-refractivity contribution < 1.29 is 9.53 Å². The number of aromatic nitrogens is 2. The van der Waals surface area contributed by atoms with Crippen LogP contribution in [-0.2, 0) is 22.5 Å². The molecule has 1 unspecified atom stereocenters. The summed E-state index contributed by atoms with van der Waals surface area (Å²) in [6, 6.07) is -0.614. The summed E-state index contributed by atoms with van der Waals surface area (Å²) in [6.07, 6.45) is 0.477. The van der Waals surface area contributed by atoms with Gasteiger partial charge in [-0.25, -0.2) is 0 Å². The Morgan fingerprint density at radius 1 is 1.56 bits per heavy atom. The number of carbonyl (C=O) groups excluding carboxylic acids is 1. The summed E-state index contributed by atoms with van der Waals surface area (Å²) in [5.41, 5.74) is 8.78. The van der Waals surface area contributed by atoms with Gasteiger partial charge in [0.25, 0.3) is 0 Å². The first-order chi connectivity index (χ1) is 7.51. The summed E-state index contributed by atoms with van der Waals surface area (Å²) in [5, 5.41) is 4.38. The molecule has 1 heterocycles. The predicted molar refractivity (Wildman–Crippen MR) is 61.1 cm³/mol. The van der Waals surface area contributed by atoms with Crippen LogP contribution in [-0.4, -0.2) is 28.9 Å². The fraction of sp³-hybridized carbons (Fsp3) is 0.636. The number of esters is 1. The maximum atomic E-state index is 11.2. The highest BCUT2D eigenvalue weighted by molar-refractivity contribution is 5.75. The highest BCUT2D eigenvalue weighted by atomic mass is 16.5. The Morgan fingerprint density at radius 2 is 2.19 bits per heavy atom. The lowest BCUT2D eigenvalue weighted by atomic mass is 10.1. The van der Waals surface area contributed by atoms with Gasteiger partial charge >= 0.3 is 5.97 Å². The summed E-state index contributed by atoms with van der Waals surface area (Å²) in [5.74, 6) is -0.386. The molecule has 0 aliphatic heterocycles. The molecule has 0 fully saturated rings. The molecule has 0 amide bonds. The van der Waals surface area contributed by atoms with Gasteiger partial charge in [0.15, 0.2) is 0 Å². The maximum Gasteiger partial charge on any atom is 0.322 e. The molecule has 5 heteroatoms. The number of carbonyl (C=O) groups is 1. The van der Waals surface area contributed by atoms with Crippen LogP contribution >= 0.6 is 0 Å². The van der Waals surface area contributed by atoms with Crippen LogP contribution in [0.15, 0.2) is 0 Å². The maximum absolute atomic E-state index is 11.2. The smallest absolute Gasteiger partial charge is 0.322 e. The fourth-order valence-corrected chi connectivity index (χ4v) is 1.79. The molecule has 1 rings (SSSR count). The van der Waals surface area contributed by atoms with Crippen molar-refractivity contribution in [2.24, 2.45) is 5.73 Å². The lowest BCUT2D eigenvalue weighted by molar-refractivity contribution is -0.142. The average Bonchev–Trinajstić information content (AvgIpc) is 2.55. The third kappa shape index (κ3) is 2.41. The number of ether oxygens (including phenoxy) is 1. The monoisotopic (exact) mass is 225 g/mol. The van der Waals surface area contributed by atoms with E-state index in [-0.39, 0.29) is 5.97 Å². The van der Waals surface area contributed by atoms with E-state index in [4.69, 9.17) is 5.73 Å². The Labute approximate surface area is 95.6 Å². The molecule has 0 saturated heterocycles. The minimum Gasteiger partial charge on any atom is -0.468 e. The van der Waals surface area contributed by atoms with Gasteiger partial charge in [-0.2, -0.15) is 5.10 Å². The second-order valence-corrected chi connectivity index (χ2v) is 3.80. The Morgan fingerprint density at radius 3 is 2.62 bits per heavy atom. The molecule has 2 N–H and O–H groups in total. The van der Waals surface area contributed by atoms with Gasteiger partial charge in [-0.05, 0) is 26.3 Å². The number of rotatable bonds is 4. The Bertz CT molecular complexity index is 385. The van der Waals surface area contributed by atoms with Gasteiger partial charge in [0.05, 0.1) is 12.8 Å². The van der Waals surface area contributed by atoms with E-state index in [1.54, 1.807) is 0 Å². The molecule has 1 atom stereocenters. The minimum absolute atomic E-state index is 0.386. The van der Waals surface area contributed by atoms with Crippen molar-refractivity contribution in [1.29, 1.82) is 0 Å². The first-order valence-corrected chi connectivity index (χ1v) is 5.37. The molecule has 0 bridgehead atoms. The second-order valence-electron chi connectivity index (χ2n) is 3.80. The van der Waals surface area contributed by atoms with Gasteiger partial charge in [0, 0.05) is 18.7 Å². The fourth-order valence-electron chi connectivity index (χ4n) is 1.79. The third-order valence-electron chi connectivity index (χ3n) is 2.76. The lowest BCUT2D eigenvalue weighted by Gasteiger charge is -2.09. The normalized spacial score (nSPS) is 12.6. The molecule has 0 aliphatic rings. The molecule has 16 heavy (non-hydrogen) atoms. The topological polar surface area (TPSA) is 70.1 Å². The van der Waals surface area contributed by atoms with E-state index in [1.165, 1.54) is 7.11 Å². The largest absolute Gasteiger partial charge is 0.468 e. The molecule has 1 aromatic rings. The van der Waals surface area contributed by atoms with Crippen LogP contribution in [0.4, 0.5) is 0 Å². The predicted octanol–water partition coefficient (Wildman–Crippen LogP) is 0.563. The van der Waals surface area contributed by atoms with Crippen LogP contribution in [0.3, 0.4) is 0 Å². The quantitative estimate of drug-likeness (QED) is 0.760. The number of hydrogen-bond acceptors (Lipinski definition) is 4. The van der Waals surface area contributed by atoms with Crippen LogP contribution < -0.4 is 5.73 Å². The number of nitrogens with zero attached hydrogens (tertiary/aromatic N) is 2. The van der Waals surface area contributed by atoms with Crippen LogP contribution in [0, 0.1) is 13.8 Å².